The van der Waals surface area contributed by atoms with E-state index in [-0.39, 0.29) is 11.8 Å². The van der Waals surface area contributed by atoms with Gasteiger partial charge in [0.2, 0.25) is 5.91 Å². The lowest BCUT2D eigenvalue weighted by atomic mass is 10.1. The number of carbonyl (C=O) groups is 2. The van der Waals surface area contributed by atoms with Gasteiger partial charge in [-0.1, -0.05) is 0 Å². The molecule has 0 saturated carbocycles. The van der Waals surface area contributed by atoms with Crippen molar-refractivity contribution >= 4 is 11.8 Å². The summed E-state index contributed by atoms with van der Waals surface area (Å²) in [5.41, 5.74) is 2.39. The van der Waals surface area contributed by atoms with Crippen LogP contribution in [0.1, 0.15) is 21.5 Å². The van der Waals surface area contributed by atoms with Crippen molar-refractivity contribution in [2.75, 3.05) is 19.6 Å². The van der Waals surface area contributed by atoms with Gasteiger partial charge in [0, 0.05) is 51.0 Å². The first-order valence-corrected chi connectivity index (χ1v) is 8.25. The Kier molecular flexibility index (Phi) is 5.35. The van der Waals surface area contributed by atoms with Crippen molar-refractivity contribution in [3.8, 4) is 0 Å². The molecule has 7 heteroatoms. The molecule has 1 fully saturated rings. The highest BCUT2D eigenvalue weighted by Crippen LogP contribution is 2.12. The Morgan fingerprint density at radius 2 is 2.08 bits per heavy atom. The maximum absolute atomic E-state index is 12.8. The SMILES string of the molecule is Cc1cncc(C(=O)N2CCNCC2C(=O)NCc2ccncc2)c1. The van der Waals surface area contributed by atoms with Gasteiger partial charge in [0.25, 0.3) is 5.91 Å². The van der Waals surface area contributed by atoms with E-state index < -0.39 is 6.04 Å². The van der Waals surface area contributed by atoms with Crippen LogP contribution in [-0.2, 0) is 11.3 Å². The summed E-state index contributed by atoms with van der Waals surface area (Å²) >= 11 is 0. The van der Waals surface area contributed by atoms with Crippen LogP contribution in [0.5, 0.6) is 0 Å². The number of rotatable bonds is 4. The summed E-state index contributed by atoms with van der Waals surface area (Å²) in [5, 5.41) is 6.08. The van der Waals surface area contributed by atoms with Crippen LogP contribution in [0, 0.1) is 6.92 Å². The zero-order chi connectivity index (χ0) is 17.6. The molecule has 0 aliphatic carbocycles. The van der Waals surface area contributed by atoms with Gasteiger partial charge < -0.3 is 15.5 Å². The first kappa shape index (κ1) is 17.0. The second kappa shape index (κ2) is 7.85. The summed E-state index contributed by atoms with van der Waals surface area (Å²) in [5.74, 6) is -0.334. The molecule has 2 amide bonds. The largest absolute Gasteiger partial charge is 0.350 e. The first-order chi connectivity index (χ1) is 12.1. The van der Waals surface area contributed by atoms with Crippen LogP contribution in [0.3, 0.4) is 0 Å². The van der Waals surface area contributed by atoms with E-state index in [4.69, 9.17) is 0 Å². The number of aromatic nitrogens is 2. The fraction of sp³-hybridized carbons (Fsp3) is 0.333. The molecule has 7 nitrogen and oxygen atoms in total. The van der Waals surface area contributed by atoms with Gasteiger partial charge in [-0.3, -0.25) is 19.6 Å². The van der Waals surface area contributed by atoms with Crippen LogP contribution < -0.4 is 10.6 Å². The Morgan fingerprint density at radius 1 is 1.28 bits per heavy atom. The maximum atomic E-state index is 12.8. The van der Waals surface area contributed by atoms with E-state index in [9.17, 15) is 9.59 Å². The average Bonchev–Trinajstić information content (AvgIpc) is 2.66. The van der Waals surface area contributed by atoms with Gasteiger partial charge in [-0.05, 0) is 36.2 Å². The van der Waals surface area contributed by atoms with Gasteiger partial charge >= 0.3 is 0 Å². The summed E-state index contributed by atoms with van der Waals surface area (Å²) in [6.45, 7) is 3.89. The number of nitrogens with one attached hydrogen (secondary N) is 2. The molecule has 2 N–H and O–H groups in total. The minimum atomic E-state index is -0.538. The lowest BCUT2D eigenvalue weighted by Crippen LogP contribution is -2.59. The van der Waals surface area contributed by atoms with Crippen molar-refractivity contribution in [3.05, 3.63) is 59.7 Å². The molecule has 130 valence electrons. The molecule has 0 aromatic carbocycles. The van der Waals surface area contributed by atoms with Crippen LogP contribution >= 0.6 is 0 Å². The third-order valence-electron chi connectivity index (χ3n) is 4.14. The van der Waals surface area contributed by atoms with E-state index in [1.165, 1.54) is 0 Å². The number of amides is 2. The molecule has 2 aromatic rings. The Balaban J connectivity index is 1.69. The molecular weight excluding hydrogens is 318 g/mol. The van der Waals surface area contributed by atoms with Crippen LogP contribution in [0.2, 0.25) is 0 Å². The number of nitrogens with zero attached hydrogens (tertiary/aromatic N) is 3. The minimum Gasteiger partial charge on any atom is -0.350 e. The normalized spacial score (nSPS) is 17.2. The van der Waals surface area contributed by atoms with Gasteiger partial charge in [-0.2, -0.15) is 0 Å². The molecule has 1 saturated heterocycles. The quantitative estimate of drug-likeness (QED) is 0.848. The van der Waals surface area contributed by atoms with Gasteiger partial charge in [0.15, 0.2) is 0 Å². The third kappa shape index (κ3) is 4.19. The zero-order valence-electron chi connectivity index (χ0n) is 14.1. The summed E-state index contributed by atoms with van der Waals surface area (Å²) < 4.78 is 0. The molecule has 2 aromatic heterocycles. The van der Waals surface area contributed by atoms with Crippen molar-refractivity contribution in [1.29, 1.82) is 0 Å². The van der Waals surface area contributed by atoms with Crippen LogP contribution in [0.15, 0.2) is 43.0 Å². The minimum absolute atomic E-state index is 0.165. The molecule has 1 unspecified atom stereocenters. The number of hydrogen-bond acceptors (Lipinski definition) is 5. The Morgan fingerprint density at radius 3 is 2.84 bits per heavy atom. The summed E-state index contributed by atoms with van der Waals surface area (Å²) in [4.78, 5) is 35.1. The molecule has 3 heterocycles. The Hall–Kier alpha value is -2.80. The average molecular weight is 339 g/mol. The molecule has 1 aliphatic rings. The molecule has 0 bridgehead atoms. The molecule has 0 radical (unpaired) electrons. The topological polar surface area (TPSA) is 87.2 Å². The molecule has 3 rings (SSSR count). The van der Waals surface area contributed by atoms with E-state index >= 15 is 0 Å². The standard InChI is InChI=1S/C18H21N5O2/c1-13-8-15(11-21-9-13)18(25)23-7-6-20-12-16(23)17(24)22-10-14-2-4-19-5-3-14/h2-5,8-9,11,16,20H,6-7,10,12H2,1H3,(H,22,24). The molecular formula is C18H21N5O2. The summed E-state index contributed by atoms with van der Waals surface area (Å²) in [6.07, 6.45) is 6.62. The monoisotopic (exact) mass is 339 g/mol. The van der Waals surface area contributed by atoms with Crippen LogP contribution in [-0.4, -0.2) is 52.4 Å². The van der Waals surface area contributed by atoms with E-state index in [2.05, 4.69) is 20.6 Å². The Bertz CT molecular complexity index is 750. The molecule has 0 spiro atoms. The summed E-state index contributed by atoms with van der Waals surface area (Å²) in [6, 6.07) is 4.95. The molecule has 1 atom stereocenters. The van der Waals surface area contributed by atoms with Crippen molar-refractivity contribution in [3.63, 3.8) is 0 Å². The lowest BCUT2D eigenvalue weighted by molar-refractivity contribution is -0.126. The number of aryl methyl sites for hydroxylation is 1. The second-order valence-corrected chi connectivity index (χ2v) is 6.04. The van der Waals surface area contributed by atoms with Crippen LogP contribution in [0.4, 0.5) is 0 Å². The van der Waals surface area contributed by atoms with Crippen molar-refractivity contribution in [1.82, 2.24) is 25.5 Å². The first-order valence-electron chi connectivity index (χ1n) is 8.25. The highest BCUT2D eigenvalue weighted by molar-refractivity contribution is 5.97. The Labute approximate surface area is 146 Å². The van der Waals surface area contributed by atoms with E-state index in [0.29, 0.717) is 31.7 Å². The van der Waals surface area contributed by atoms with Gasteiger partial charge in [-0.15, -0.1) is 0 Å². The van der Waals surface area contributed by atoms with Crippen molar-refractivity contribution in [2.45, 2.75) is 19.5 Å². The fourth-order valence-corrected chi connectivity index (χ4v) is 2.83. The number of carbonyl (C=O) groups excluding carboxylic acids is 2. The smallest absolute Gasteiger partial charge is 0.256 e. The zero-order valence-corrected chi connectivity index (χ0v) is 14.1. The van der Waals surface area contributed by atoms with Crippen molar-refractivity contribution in [2.24, 2.45) is 0 Å². The number of piperazine rings is 1. The molecule has 1 aliphatic heterocycles. The molecule has 25 heavy (non-hydrogen) atoms. The highest BCUT2D eigenvalue weighted by atomic mass is 16.2. The van der Waals surface area contributed by atoms with Crippen LogP contribution in [0.25, 0.3) is 0 Å². The third-order valence-corrected chi connectivity index (χ3v) is 4.14. The lowest BCUT2D eigenvalue weighted by Gasteiger charge is -2.35. The van der Waals surface area contributed by atoms with E-state index in [0.717, 1.165) is 11.1 Å². The van der Waals surface area contributed by atoms with Crippen molar-refractivity contribution < 1.29 is 9.59 Å². The van der Waals surface area contributed by atoms with E-state index in [1.807, 2.05) is 19.1 Å². The highest BCUT2D eigenvalue weighted by Gasteiger charge is 2.32. The second-order valence-electron chi connectivity index (χ2n) is 6.04. The number of hydrogen-bond donors (Lipinski definition) is 2. The van der Waals surface area contributed by atoms with Gasteiger partial charge in [0.1, 0.15) is 6.04 Å². The van der Waals surface area contributed by atoms with E-state index in [1.54, 1.807) is 35.8 Å². The summed E-state index contributed by atoms with van der Waals surface area (Å²) in [7, 11) is 0. The number of pyridine rings is 2. The predicted molar refractivity (Wildman–Crippen MR) is 92.8 cm³/mol. The fourth-order valence-electron chi connectivity index (χ4n) is 2.83. The predicted octanol–water partition coefficient (Wildman–Crippen LogP) is 0.515. The van der Waals surface area contributed by atoms with Gasteiger partial charge in [-0.25, -0.2) is 0 Å². The maximum Gasteiger partial charge on any atom is 0.256 e. The van der Waals surface area contributed by atoms with Gasteiger partial charge in [0.05, 0.1) is 5.56 Å².